The minimum Gasteiger partial charge on any atom is -0.357 e. The molecule has 1 aromatic carbocycles. The summed E-state index contributed by atoms with van der Waals surface area (Å²) in [6.07, 6.45) is 3.86. The number of nitrogens with one attached hydrogen (secondary N) is 2. The Morgan fingerprint density at radius 1 is 1.30 bits per heavy atom. The van der Waals surface area contributed by atoms with Crippen LogP contribution in [0.1, 0.15) is 35.3 Å². The molecule has 1 heterocycles. The van der Waals surface area contributed by atoms with Crippen molar-refractivity contribution in [1.82, 2.24) is 20.5 Å². The van der Waals surface area contributed by atoms with Gasteiger partial charge in [-0.2, -0.15) is 0 Å². The number of halogens is 1. The van der Waals surface area contributed by atoms with Crippen LogP contribution in [0.3, 0.4) is 0 Å². The summed E-state index contributed by atoms with van der Waals surface area (Å²) >= 11 is 1.77. The Bertz CT molecular complexity index is 729. The van der Waals surface area contributed by atoms with Crippen LogP contribution in [0.5, 0.6) is 0 Å². The number of aryl methyl sites for hydroxylation is 1. The van der Waals surface area contributed by atoms with Gasteiger partial charge in [0.05, 0.1) is 17.6 Å². The van der Waals surface area contributed by atoms with E-state index in [1.807, 2.05) is 33.3 Å². The van der Waals surface area contributed by atoms with E-state index in [0.29, 0.717) is 6.54 Å². The average molecular weight is 392 g/mol. The minimum atomic E-state index is -0.219. The lowest BCUT2D eigenvalue weighted by molar-refractivity contribution is 0.305. The van der Waals surface area contributed by atoms with E-state index < -0.39 is 0 Å². The van der Waals surface area contributed by atoms with Gasteiger partial charge in [0.2, 0.25) is 0 Å². The third-order valence-corrected chi connectivity index (χ3v) is 5.41. The molecule has 148 valence electrons. The second-order valence-electron chi connectivity index (χ2n) is 6.50. The van der Waals surface area contributed by atoms with Crippen molar-refractivity contribution in [2.24, 2.45) is 4.99 Å². The number of guanidine groups is 1. The zero-order valence-electron chi connectivity index (χ0n) is 16.6. The Balaban J connectivity index is 1.97. The number of aromatic nitrogens is 1. The van der Waals surface area contributed by atoms with Crippen LogP contribution in [0.4, 0.5) is 4.39 Å². The first-order valence-corrected chi connectivity index (χ1v) is 10.2. The molecule has 0 fully saturated rings. The maximum atomic E-state index is 13.6. The van der Waals surface area contributed by atoms with E-state index >= 15 is 0 Å². The minimum absolute atomic E-state index is 0.0160. The number of rotatable bonds is 9. The molecule has 2 N–H and O–H groups in total. The van der Waals surface area contributed by atoms with Crippen LogP contribution in [0.2, 0.25) is 0 Å². The lowest BCUT2D eigenvalue weighted by atomic mass is 10.1. The molecule has 0 spiro atoms. The van der Waals surface area contributed by atoms with E-state index in [2.05, 4.69) is 27.4 Å². The summed E-state index contributed by atoms with van der Waals surface area (Å²) in [6.45, 7) is 6.29. The van der Waals surface area contributed by atoms with Crippen LogP contribution >= 0.6 is 11.3 Å². The first-order chi connectivity index (χ1) is 13.0. The molecule has 27 heavy (non-hydrogen) atoms. The van der Waals surface area contributed by atoms with Crippen molar-refractivity contribution in [2.45, 2.75) is 32.7 Å². The summed E-state index contributed by atoms with van der Waals surface area (Å²) in [4.78, 5) is 12.5. The number of nitrogens with zero attached hydrogens (tertiary/aromatic N) is 3. The number of likely N-dealkylation sites (N-methyl/N-ethyl adjacent to an activating group) is 1. The van der Waals surface area contributed by atoms with Gasteiger partial charge in [-0.3, -0.25) is 4.99 Å². The quantitative estimate of drug-likeness (QED) is 0.509. The summed E-state index contributed by atoms with van der Waals surface area (Å²) in [6, 6.07) is 6.74. The number of hydrogen-bond donors (Lipinski definition) is 2. The van der Waals surface area contributed by atoms with Crippen molar-refractivity contribution < 1.29 is 4.39 Å². The highest BCUT2D eigenvalue weighted by Gasteiger charge is 2.14. The molecule has 0 aliphatic carbocycles. The molecule has 0 bridgehead atoms. The number of thiazole rings is 1. The van der Waals surface area contributed by atoms with E-state index in [4.69, 9.17) is 4.99 Å². The molecule has 0 radical (unpaired) electrons. The molecule has 1 aromatic heterocycles. The molecule has 0 aliphatic heterocycles. The summed E-state index contributed by atoms with van der Waals surface area (Å²) in [5, 5.41) is 7.78. The molecule has 7 heteroatoms. The van der Waals surface area contributed by atoms with Crippen LogP contribution < -0.4 is 10.6 Å². The second-order valence-corrected chi connectivity index (χ2v) is 7.70. The van der Waals surface area contributed by atoms with Crippen molar-refractivity contribution in [3.8, 4) is 0 Å². The highest BCUT2D eigenvalue weighted by Crippen LogP contribution is 2.19. The third-order valence-electron chi connectivity index (χ3n) is 4.20. The largest absolute Gasteiger partial charge is 0.357 e. The van der Waals surface area contributed by atoms with Gasteiger partial charge < -0.3 is 15.5 Å². The smallest absolute Gasteiger partial charge is 0.191 e. The van der Waals surface area contributed by atoms with E-state index in [-0.39, 0.29) is 11.9 Å². The van der Waals surface area contributed by atoms with Crippen molar-refractivity contribution in [3.63, 3.8) is 0 Å². The van der Waals surface area contributed by atoms with Crippen LogP contribution in [0, 0.1) is 5.82 Å². The molecule has 0 aliphatic rings. The van der Waals surface area contributed by atoms with E-state index in [1.54, 1.807) is 23.5 Å². The number of aliphatic imine (C=N–C) groups is 1. The van der Waals surface area contributed by atoms with Gasteiger partial charge in [-0.25, -0.2) is 9.37 Å². The lowest BCUT2D eigenvalue weighted by Crippen LogP contribution is -2.39. The molecular weight excluding hydrogens is 361 g/mol. The van der Waals surface area contributed by atoms with Gasteiger partial charge >= 0.3 is 0 Å². The van der Waals surface area contributed by atoms with Crippen LogP contribution in [0.25, 0.3) is 0 Å². The first-order valence-electron chi connectivity index (χ1n) is 9.41. The van der Waals surface area contributed by atoms with Crippen molar-refractivity contribution in [1.29, 1.82) is 0 Å². The Morgan fingerprint density at radius 3 is 2.74 bits per heavy atom. The fourth-order valence-electron chi connectivity index (χ4n) is 2.72. The van der Waals surface area contributed by atoms with Crippen LogP contribution in [-0.2, 0) is 12.8 Å². The Labute approximate surface area is 165 Å². The SMILES string of the molecule is CCNC(=NCC(c1cccc(F)c1)N(C)C)NCCc1ncc(CC)s1. The monoisotopic (exact) mass is 391 g/mol. The molecule has 1 unspecified atom stereocenters. The van der Waals surface area contributed by atoms with E-state index in [1.165, 1.54) is 10.9 Å². The fraction of sp³-hybridized carbons (Fsp3) is 0.500. The highest BCUT2D eigenvalue weighted by atomic mass is 32.1. The molecule has 2 aromatic rings. The molecule has 2 rings (SSSR count). The summed E-state index contributed by atoms with van der Waals surface area (Å²) in [5.74, 6) is 0.552. The molecule has 1 atom stereocenters. The second kappa shape index (κ2) is 11.0. The van der Waals surface area contributed by atoms with Crippen molar-refractivity contribution in [2.75, 3.05) is 33.7 Å². The van der Waals surface area contributed by atoms with Gasteiger partial charge in [-0.1, -0.05) is 19.1 Å². The first kappa shape index (κ1) is 21.3. The van der Waals surface area contributed by atoms with Gasteiger partial charge in [-0.15, -0.1) is 11.3 Å². The Hall–Kier alpha value is -1.99. The highest BCUT2D eigenvalue weighted by molar-refractivity contribution is 7.11. The summed E-state index contributed by atoms with van der Waals surface area (Å²) < 4.78 is 13.6. The maximum absolute atomic E-state index is 13.6. The van der Waals surface area contributed by atoms with Gasteiger partial charge in [0.1, 0.15) is 5.82 Å². The van der Waals surface area contributed by atoms with Crippen molar-refractivity contribution in [3.05, 3.63) is 51.7 Å². The maximum Gasteiger partial charge on any atom is 0.191 e. The number of hydrogen-bond acceptors (Lipinski definition) is 4. The topological polar surface area (TPSA) is 52.6 Å². The van der Waals surface area contributed by atoms with E-state index in [0.717, 1.165) is 42.5 Å². The van der Waals surface area contributed by atoms with Gasteiger partial charge in [0, 0.05) is 30.6 Å². The van der Waals surface area contributed by atoms with E-state index in [9.17, 15) is 4.39 Å². The molecule has 0 saturated carbocycles. The van der Waals surface area contributed by atoms with Crippen LogP contribution in [-0.4, -0.2) is 49.6 Å². The van der Waals surface area contributed by atoms with Crippen molar-refractivity contribution >= 4 is 17.3 Å². The normalized spacial score (nSPS) is 13.0. The predicted octanol–water partition coefficient (Wildman–Crippen LogP) is 3.25. The summed E-state index contributed by atoms with van der Waals surface area (Å²) in [7, 11) is 3.97. The van der Waals surface area contributed by atoms with Gasteiger partial charge in [-0.05, 0) is 45.1 Å². The fourth-order valence-corrected chi connectivity index (χ4v) is 3.58. The molecular formula is C20H30FN5S. The molecule has 0 amide bonds. The van der Waals surface area contributed by atoms with Gasteiger partial charge in [0.25, 0.3) is 0 Å². The zero-order chi connectivity index (χ0) is 19.6. The third kappa shape index (κ3) is 6.92. The Kier molecular flexibility index (Phi) is 8.67. The average Bonchev–Trinajstić information content (AvgIpc) is 3.09. The standard InChI is InChI=1S/C20H30FN5S/c1-5-17-13-24-19(27-17)10-11-23-20(22-6-2)25-14-18(26(3)4)15-8-7-9-16(21)12-15/h7-9,12-13,18H,5-6,10-11,14H2,1-4H3,(H2,22,23,25). The molecule has 0 saturated heterocycles. The number of benzene rings is 1. The zero-order valence-corrected chi connectivity index (χ0v) is 17.4. The lowest BCUT2D eigenvalue weighted by Gasteiger charge is -2.23. The molecule has 5 nitrogen and oxygen atoms in total. The predicted molar refractivity (Wildman–Crippen MR) is 112 cm³/mol. The Morgan fingerprint density at radius 2 is 2.11 bits per heavy atom. The summed E-state index contributed by atoms with van der Waals surface area (Å²) in [5.41, 5.74) is 0.925. The van der Waals surface area contributed by atoms with Gasteiger partial charge in [0.15, 0.2) is 5.96 Å². The van der Waals surface area contributed by atoms with Crippen LogP contribution in [0.15, 0.2) is 35.5 Å².